The fourth-order valence-electron chi connectivity index (χ4n) is 5.45. The van der Waals surface area contributed by atoms with Crippen molar-refractivity contribution < 1.29 is 4.79 Å². The molecule has 2 atom stereocenters. The summed E-state index contributed by atoms with van der Waals surface area (Å²) in [5.74, 6) is 3.46. The number of rotatable bonds is 5. The summed E-state index contributed by atoms with van der Waals surface area (Å²) in [7, 11) is 0. The molecule has 1 saturated heterocycles. The number of Topliss-reactive ketones (excluding diaryl/α,β-unsaturated/α-hetero) is 1. The molecule has 5 nitrogen and oxygen atoms in total. The molecule has 2 aromatic rings. The van der Waals surface area contributed by atoms with Crippen LogP contribution in [0.1, 0.15) is 44.6 Å². The van der Waals surface area contributed by atoms with E-state index in [1.807, 2.05) is 0 Å². The van der Waals surface area contributed by atoms with Gasteiger partial charge >= 0.3 is 0 Å². The molecule has 1 aromatic heterocycles. The van der Waals surface area contributed by atoms with E-state index < -0.39 is 0 Å². The number of fused-ring (bicyclic) bond motifs is 4. The molecule has 2 unspecified atom stereocenters. The Morgan fingerprint density at radius 3 is 2.79 bits per heavy atom. The second-order valence-corrected chi connectivity index (χ2v) is 9.85. The van der Waals surface area contributed by atoms with Gasteiger partial charge in [-0.15, -0.1) is 0 Å². The van der Waals surface area contributed by atoms with Crippen molar-refractivity contribution in [3.05, 3.63) is 36.2 Å². The molecule has 1 N–H and O–H groups in total. The topological polar surface area (TPSA) is 58.1 Å². The minimum Gasteiger partial charge on any atom is -0.337 e. The fraction of sp³-hybridized carbons (Fsp3) is 0.522. The van der Waals surface area contributed by atoms with Gasteiger partial charge in [-0.25, -0.2) is 9.97 Å². The molecule has 152 valence electrons. The number of benzene rings is 1. The highest BCUT2D eigenvalue weighted by molar-refractivity contribution is 7.99. The summed E-state index contributed by atoms with van der Waals surface area (Å²) in [6.07, 6.45) is 9.34. The van der Waals surface area contributed by atoms with Crippen LogP contribution in [0.3, 0.4) is 0 Å². The number of piperidine rings is 1. The predicted octanol–water partition coefficient (Wildman–Crippen LogP) is 4.90. The van der Waals surface area contributed by atoms with E-state index in [0.29, 0.717) is 5.78 Å². The van der Waals surface area contributed by atoms with Crippen LogP contribution in [0.4, 0.5) is 11.5 Å². The van der Waals surface area contributed by atoms with E-state index in [-0.39, 0.29) is 0 Å². The number of hydrogen-bond donors (Lipinski definition) is 1. The Labute approximate surface area is 176 Å². The number of likely N-dealkylation sites (tertiary alicyclic amines) is 1. The van der Waals surface area contributed by atoms with Gasteiger partial charge in [0.25, 0.3) is 0 Å². The normalized spacial score (nSPS) is 25.6. The molecule has 3 heterocycles. The van der Waals surface area contributed by atoms with E-state index >= 15 is 0 Å². The molecule has 1 saturated carbocycles. The van der Waals surface area contributed by atoms with Gasteiger partial charge in [0, 0.05) is 43.3 Å². The van der Waals surface area contributed by atoms with E-state index in [2.05, 4.69) is 38.4 Å². The van der Waals surface area contributed by atoms with E-state index in [1.54, 1.807) is 31.1 Å². The molecule has 29 heavy (non-hydrogen) atoms. The summed E-state index contributed by atoms with van der Waals surface area (Å²) in [5.41, 5.74) is 2.49. The summed E-state index contributed by atoms with van der Waals surface area (Å²) < 4.78 is 0. The molecular weight excluding hydrogens is 380 g/mol. The first-order chi connectivity index (χ1) is 14.2. The molecule has 2 aliphatic heterocycles. The average Bonchev–Trinajstić information content (AvgIpc) is 2.70. The Kier molecular flexibility index (Phi) is 5.31. The van der Waals surface area contributed by atoms with Gasteiger partial charge < -0.3 is 10.1 Å². The highest BCUT2D eigenvalue weighted by Crippen LogP contribution is 2.44. The second-order valence-electron chi connectivity index (χ2n) is 8.82. The van der Waals surface area contributed by atoms with Crippen LogP contribution in [0.25, 0.3) is 0 Å². The fourth-order valence-corrected chi connectivity index (χ4v) is 6.33. The number of ketones is 1. The van der Waals surface area contributed by atoms with Crippen LogP contribution in [0, 0.1) is 17.8 Å². The van der Waals surface area contributed by atoms with Crippen molar-refractivity contribution in [2.45, 2.75) is 55.5 Å². The molecule has 0 radical (unpaired) electrons. The standard InChI is InChI=1S/C23H28N4OS/c1-15(28)5-7-19-17-3-2-4-18(19)14-27(13-17)12-16-6-8-21-20(11-16)26-22-23(29-21)25-10-9-24-22/h6,8-11,17-19H,2-5,7,12-14H2,1H3,(H,24,26). The SMILES string of the molecule is CC(=O)CCC1C2CCCC1CN(Cc1ccc3c(c1)Nc1nccnc1S3)C2. The first-order valence-electron chi connectivity index (χ1n) is 10.8. The Hall–Kier alpha value is -1.92. The molecule has 2 bridgehead atoms. The van der Waals surface area contributed by atoms with Gasteiger partial charge in [0.15, 0.2) is 5.82 Å². The number of hydrogen-bond acceptors (Lipinski definition) is 6. The van der Waals surface area contributed by atoms with Gasteiger partial charge in [0.05, 0.1) is 5.69 Å². The van der Waals surface area contributed by atoms with Gasteiger partial charge in [0.1, 0.15) is 10.8 Å². The number of anilines is 2. The maximum absolute atomic E-state index is 11.5. The average molecular weight is 409 g/mol. The number of carbonyl (C=O) groups excluding carboxylic acids is 1. The monoisotopic (exact) mass is 408 g/mol. The van der Waals surface area contributed by atoms with Crippen molar-refractivity contribution in [3.63, 3.8) is 0 Å². The van der Waals surface area contributed by atoms with Crippen molar-refractivity contribution in [3.8, 4) is 0 Å². The van der Waals surface area contributed by atoms with Gasteiger partial charge in [0.2, 0.25) is 0 Å². The van der Waals surface area contributed by atoms with Crippen molar-refractivity contribution >= 4 is 29.1 Å². The van der Waals surface area contributed by atoms with Crippen LogP contribution in [-0.2, 0) is 11.3 Å². The number of nitrogens with one attached hydrogen (secondary N) is 1. The highest BCUT2D eigenvalue weighted by Gasteiger charge is 2.39. The van der Waals surface area contributed by atoms with Crippen molar-refractivity contribution in [1.29, 1.82) is 0 Å². The van der Waals surface area contributed by atoms with Crippen LogP contribution >= 0.6 is 11.8 Å². The minimum atomic E-state index is 0.344. The minimum absolute atomic E-state index is 0.344. The Balaban J connectivity index is 1.27. The lowest BCUT2D eigenvalue weighted by Gasteiger charge is -2.47. The smallest absolute Gasteiger partial charge is 0.163 e. The van der Waals surface area contributed by atoms with Crippen LogP contribution in [0.5, 0.6) is 0 Å². The summed E-state index contributed by atoms with van der Waals surface area (Å²) in [6.45, 7) is 5.08. The molecular formula is C23H28N4OS. The lowest BCUT2D eigenvalue weighted by molar-refractivity contribution is -0.117. The maximum Gasteiger partial charge on any atom is 0.163 e. The maximum atomic E-state index is 11.5. The molecule has 0 spiro atoms. The summed E-state index contributed by atoms with van der Waals surface area (Å²) in [6, 6.07) is 6.74. The lowest BCUT2D eigenvalue weighted by Crippen LogP contribution is -2.48. The van der Waals surface area contributed by atoms with Gasteiger partial charge in [-0.1, -0.05) is 24.2 Å². The molecule has 0 amide bonds. The van der Waals surface area contributed by atoms with Crippen molar-refractivity contribution in [1.82, 2.24) is 14.9 Å². The number of nitrogens with zero attached hydrogens (tertiary/aromatic N) is 3. The Morgan fingerprint density at radius 2 is 2.00 bits per heavy atom. The zero-order valence-corrected chi connectivity index (χ0v) is 17.8. The van der Waals surface area contributed by atoms with E-state index in [1.165, 1.54) is 42.8 Å². The van der Waals surface area contributed by atoms with Crippen LogP contribution in [-0.4, -0.2) is 33.7 Å². The zero-order valence-electron chi connectivity index (χ0n) is 16.9. The first kappa shape index (κ1) is 19.1. The van der Waals surface area contributed by atoms with Crippen molar-refractivity contribution in [2.75, 3.05) is 18.4 Å². The summed E-state index contributed by atoms with van der Waals surface area (Å²) >= 11 is 1.68. The molecule has 1 aromatic carbocycles. The summed E-state index contributed by atoms with van der Waals surface area (Å²) in [5, 5.41) is 4.39. The van der Waals surface area contributed by atoms with Crippen LogP contribution in [0.2, 0.25) is 0 Å². The van der Waals surface area contributed by atoms with E-state index in [9.17, 15) is 4.79 Å². The van der Waals surface area contributed by atoms with Gasteiger partial charge in [-0.3, -0.25) is 4.90 Å². The van der Waals surface area contributed by atoms with Crippen LogP contribution < -0.4 is 5.32 Å². The van der Waals surface area contributed by atoms with E-state index in [0.717, 1.165) is 53.7 Å². The zero-order chi connectivity index (χ0) is 19.8. The number of carbonyl (C=O) groups is 1. The second kappa shape index (κ2) is 8.07. The number of aromatic nitrogens is 2. The third kappa shape index (κ3) is 4.05. The first-order valence-corrected chi connectivity index (χ1v) is 11.6. The molecule has 6 heteroatoms. The quantitative estimate of drug-likeness (QED) is 0.648. The van der Waals surface area contributed by atoms with Crippen molar-refractivity contribution in [2.24, 2.45) is 17.8 Å². The van der Waals surface area contributed by atoms with E-state index in [4.69, 9.17) is 0 Å². The lowest BCUT2D eigenvalue weighted by atomic mass is 9.67. The third-order valence-electron chi connectivity index (χ3n) is 6.75. The Bertz CT molecular complexity index is 904. The molecule has 3 aliphatic rings. The summed E-state index contributed by atoms with van der Waals surface area (Å²) in [4.78, 5) is 24.2. The third-order valence-corrected chi connectivity index (χ3v) is 7.82. The largest absolute Gasteiger partial charge is 0.337 e. The van der Waals surface area contributed by atoms with Gasteiger partial charge in [-0.05, 0) is 61.6 Å². The molecule has 1 aliphatic carbocycles. The predicted molar refractivity (Wildman–Crippen MR) is 115 cm³/mol. The highest BCUT2D eigenvalue weighted by atomic mass is 32.2. The van der Waals surface area contributed by atoms with Gasteiger partial charge in [-0.2, -0.15) is 0 Å². The van der Waals surface area contributed by atoms with Crippen LogP contribution in [0.15, 0.2) is 40.5 Å². The molecule has 2 fully saturated rings. The Morgan fingerprint density at radius 1 is 1.21 bits per heavy atom. The molecule has 5 rings (SSSR count).